The van der Waals surface area contributed by atoms with Crippen LogP contribution in [0.15, 0.2) is 0 Å². The lowest BCUT2D eigenvalue weighted by molar-refractivity contribution is 0.391. The molecule has 0 aromatic carbocycles. The van der Waals surface area contributed by atoms with Crippen molar-refractivity contribution < 1.29 is 4.74 Å². The number of methoxy groups -OCH3 is 1. The third kappa shape index (κ3) is 0.984. The van der Waals surface area contributed by atoms with Gasteiger partial charge in [-0.05, 0) is 0 Å². The Labute approximate surface area is 64.0 Å². The molecule has 0 atom stereocenters. The van der Waals surface area contributed by atoms with Gasteiger partial charge in [0, 0.05) is 7.05 Å². The van der Waals surface area contributed by atoms with Crippen molar-refractivity contribution in [2.24, 2.45) is 7.05 Å². The quantitative estimate of drug-likeness (QED) is 0.608. The Balaban J connectivity index is 3.29. The molecular formula is C6H8N4O. The minimum Gasteiger partial charge on any atom is -0.479 e. The van der Waals surface area contributed by atoms with Crippen LogP contribution in [0.4, 0.5) is 5.82 Å². The monoisotopic (exact) mass is 152 g/mol. The summed E-state index contributed by atoms with van der Waals surface area (Å²) in [5.74, 6) is 0.594. The maximum Gasteiger partial charge on any atom is 0.252 e. The molecule has 0 aliphatic rings. The molecule has 0 bridgehead atoms. The van der Waals surface area contributed by atoms with Gasteiger partial charge in [-0.15, -0.1) is 5.10 Å². The molecule has 5 heteroatoms. The Morgan fingerprint density at radius 3 is 2.73 bits per heavy atom. The first kappa shape index (κ1) is 7.41. The molecule has 2 N–H and O–H groups in total. The van der Waals surface area contributed by atoms with Gasteiger partial charge in [0.05, 0.1) is 7.11 Å². The van der Waals surface area contributed by atoms with Gasteiger partial charge >= 0.3 is 0 Å². The van der Waals surface area contributed by atoms with E-state index in [2.05, 4.69) is 5.10 Å². The van der Waals surface area contributed by atoms with E-state index in [4.69, 9.17) is 15.7 Å². The molecule has 0 radical (unpaired) electrons. The second kappa shape index (κ2) is 2.50. The lowest BCUT2D eigenvalue weighted by Gasteiger charge is -1.89. The average Bonchev–Trinajstić information content (AvgIpc) is 2.28. The molecule has 0 unspecified atom stereocenters. The maximum absolute atomic E-state index is 8.58. The summed E-state index contributed by atoms with van der Waals surface area (Å²) < 4.78 is 6.20. The Morgan fingerprint density at radius 1 is 1.73 bits per heavy atom. The van der Waals surface area contributed by atoms with Gasteiger partial charge < -0.3 is 10.5 Å². The summed E-state index contributed by atoms with van der Waals surface area (Å²) in [5, 5.41) is 12.4. The average molecular weight is 152 g/mol. The maximum atomic E-state index is 8.58. The first-order valence-electron chi connectivity index (χ1n) is 2.97. The molecule has 1 aromatic rings. The molecule has 11 heavy (non-hydrogen) atoms. The van der Waals surface area contributed by atoms with Gasteiger partial charge in [-0.2, -0.15) is 5.26 Å². The fraction of sp³-hybridized carbons (Fsp3) is 0.333. The highest BCUT2D eigenvalue weighted by Gasteiger charge is 2.12. The molecular weight excluding hydrogens is 144 g/mol. The number of nitrogen functional groups attached to an aromatic ring is 1. The summed E-state index contributed by atoms with van der Waals surface area (Å²) in [7, 11) is 3.10. The van der Waals surface area contributed by atoms with Crippen LogP contribution in [0.2, 0.25) is 0 Å². The summed E-state index contributed by atoms with van der Waals surface area (Å²) in [6.07, 6.45) is 0. The van der Waals surface area contributed by atoms with Crippen molar-refractivity contribution in [3.05, 3.63) is 5.56 Å². The largest absolute Gasteiger partial charge is 0.479 e. The van der Waals surface area contributed by atoms with Crippen LogP contribution in [0.3, 0.4) is 0 Å². The van der Waals surface area contributed by atoms with Crippen LogP contribution in [0.1, 0.15) is 5.56 Å². The van der Waals surface area contributed by atoms with E-state index >= 15 is 0 Å². The zero-order valence-corrected chi connectivity index (χ0v) is 6.33. The van der Waals surface area contributed by atoms with E-state index in [-0.39, 0.29) is 11.4 Å². The van der Waals surface area contributed by atoms with Crippen LogP contribution in [0.5, 0.6) is 5.88 Å². The van der Waals surface area contributed by atoms with Gasteiger partial charge in [0.15, 0.2) is 5.56 Å². The topological polar surface area (TPSA) is 76.9 Å². The van der Waals surface area contributed by atoms with Gasteiger partial charge in [0.25, 0.3) is 5.88 Å². The lowest BCUT2D eigenvalue weighted by atomic mass is 10.3. The van der Waals surface area contributed by atoms with Crippen LogP contribution in [-0.2, 0) is 7.05 Å². The van der Waals surface area contributed by atoms with E-state index in [1.807, 2.05) is 6.07 Å². The molecule has 1 heterocycles. The summed E-state index contributed by atoms with van der Waals surface area (Å²) in [6, 6.07) is 1.90. The Morgan fingerprint density at radius 2 is 2.36 bits per heavy atom. The summed E-state index contributed by atoms with van der Waals surface area (Å²) in [4.78, 5) is 0. The number of ether oxygens (including phenoxy) is 1. The Bertz CT molecular complexity index is 309. The normalized spacial score (nSPS) is 9.18. The van der Waals surface area contributed by atoms with Crippen LogP contribution < -0.4 is 10.5 Å². The van der Waals surface area contributed by atoms with E-state index in [0.29, 0.717) is 5.82 Å². The highest BCUT2D eigenvalue weighted by molar-refractivity contribution is 5.54. The van der Waals surface area contributed by atoms with Crippen molar-refractivity contribution in [2.75, 3.05) is 12.8 Å². The van der Waals surface area contributed by atoms with Crippen LogP contribution in [-0.4, -0.2) is 16.9 Å². The molecule has 0 amide bonds. The van der Waals surface area contributed by atoms with E-state index in [1.165, 1.54) is 11.8 Å². The van der Waals surface area contributed by atoms with Gasteiger partial charge in [-0.1, -0.05) is 0 Å². The minimum atomic E-state index is 0.271. The van der Waals surface area contributed by atoms with Gasteiger partial charge in [-0.3, -0.25) is 0 Å². The highest BCUT2D eigenvalue weighted by atomic mass is 16.5. The second-order valence-corrected chi connectivity index (χ2v) is 2.00. The van der Waals surface area contributed by atoms with Gasteiger partial charge in [0.2, 0.25) is 0 Å². The van der Waals surface area contributed by atoms with Crippen LogP contribution in [0.25, 0.3) is 0 Å². The summed E-state index contributed by atoms with van der Waals surface area (Å²) in [5.41, 5.74) is 5.77. The van der Waals surface area contributed by atoms with Crippen molar-refractivity contribution in [1.29, 1.82) is 5.26 Å². The SMILES string of the molecule is COc1nn(C)c(N)c1C#N. The number of aromatic nitrogens is 2. The van der Waals surface area contributed by atoms with Crippen molar-refractivity contribution >= 4 is 5.82 Å². The molecule has 58 valence electrons. The number of nitrogens with two attached hydrogens (primary N) is 1. The lowest BCUT2D eigenvalue weighted by Crippen LogP contribution is -1.97. The highest BCUT2D eigenvalue weighted by Crippen LogP contribution is 2.20. The number of rotatable bonds is 1. The zero-order valence-electron chi connectivity index (χ0n) is 6.33. The zero-order chi connectivity index (χ0) is 8.43. The smallest absolute Gasteiger partial charge is 0.252 e. The first-order valence-corrected chi connectivity index (χ1v) is 2.97. The fourth-order valence-corrected chi connectivity index (χ4v) is 0.759. The standard InChI is InChI=1S/C6H8N4O/c1-10-5(8)4(3-7)6(9-10)11-2/h8H2,1-2H3. The number of aryl methyl sites for hydroxylation is 1. The van der Waals surface area contributed by atoms with Gasteiger partial charge in [0.1, 0.15) is 11.9 Å². The summed E-state index contributed by atoms with van der Waals surface area (Å²) in [6.45, 7) is 0. The molecule has 0 fully saturated rings. The molecule has 1 aromatic heterocycles. The molecule has 0 aliphatic heterocycles. The number of nitrogens with zero attached hydrogens (tertiary/aromatic N) is 3. The number of hydrogen-bond acceptors (Lipinski definition) is 4. The molecule has 0 aliphatic carbocycles. The predicted octanol–water partition coefficient (Wildman–Crippen LogP) is -0.117. The van der Waals surface area contributed by atoms with Gasteiger partial charge in [-0.25, -0.2) is 4.68 Å². The first-order chi connectivity index (χ1) is 5.20. The molecule has 0 saturated heterocycles. The predicted molar refractivity (Wildman–Crippen MR) is 38.9 cm³/mol. The van der Waals surface area contributed by atoms with Crippen molar-refractivity contribution in [3.63, 3.8) is 0 Å². The number of nitriles is 1. The van der Waals surface area contributed by atoms with E-state index in [9.17, 15) is 0 Å². The molecule has 0 spiro atoms. The van der Waals surface area contributed by atoms with Crippen molar-refractivity contribution in [1.82, 2.24) is 9.78 Å². The fourth-order valence-electron chi connectivity index (χ4n) is 0.759. The van der Waals surface area contributed by atoms with E-state index < -0.39 is 0 Å². The minimum absolute atomic E-state index is 0.271. The van der Waals surface area contributed by atoms with E-state index in [0.717, 1.165) is 0 Å². The van der Waals surface area contributed by atoms with Crippen LogP contribution >= 0.6 is 0 Å². The summed E-state index contributed by atoms with van der Waals surface area (Å²) >= 11 is 0. The third-order valence-corrected chi connectivity index (χ3v) is 1.36. The molecule has 1 rings (SSSR count). The van der Waals surface area contributed by atoms with Crippen molar-refractivity contribution in [2.45, 2.75) is 0 Å². The molecule has 5 nitrogen and oxygen atoms in total. The van der Waals surface area contributed by atoms with E-state index in [1.54, 1.807) is 7.05 Å². The number of hydrogen-bond donors (Lipinski definition) is 1. The Kier molecular flexibility index (Phi) is 1.68. The number of anilines is 1. The third-order valence-electron chi connectivity index (χ3n) is 1.36. The molecule has 0 saturated carbocycles. The Hall–Kier alpha value is -1.70. The van der Waals surface area contributed by atoms with Crippen molar-refractivity contribution in [3.8, 4) is 11.9 Å². The van der Waals surface area contributed by atoms with Crippen LogP contribution in [0, 0.1) is 11.3 Å². The second-order valence-electron chi connectivity index (χ2n) is 2.00.